The van der Waals surface area contributed by atoms with Gasteiger partial charge in [-0.15, -0.1) is 0 Å². The molecular weight excluding hydrogens is 787 g/mol. The minimum atomic E-state index is -4.34. The van der Waals surface area contributed by atoms with E-state index in [0.717, 1.165) is 35.3 Å². The number of benzene rings is 4. The molecule has 3 atom stereocenters. The number of rotatable bonds is 18. The van der Waals surface area contributed by atoms with E-state index in [0.29, 0.717) is 55.6 Å². The van der Waals surface area contributed by atoms with Crippen molar-refractivity contribution in [1.82, 2.24) is 0 Å². The Bertz CT molecular complexity index is 2230. The molecule has 5 rings (SSSR count). The minimum Gasteiger partial charge on any atom is -0.444 e. The van der Waals surface area contributed by atoms with Crippen LogP contribution < -0.4 is 20.3 Å². The molecule has 2 amide bonds. The summed E-state index contributed by atoms with van der Waals surface area (Å²) in [7, 11) is -4.34. The summed E-state index contributed by atoms with van der Waals surface area (Å²) in [6, 6.07) is 25.4. The molecule has 4 aromatic carbocycles. The first-order valence-electron chi connectivity index (χ1n) is 20.4. The van der Waals surface area contributed by atoms with Gasteiger partial charge in [-0.3, -0.25) is 24.3 Å². The number of esters is 1. The minimum absolute atomic E-state index is 0.0168. The second kappa shape index (κ2) is 20.6. The van der Waals surface area contributed by atoms with E-state index in [-0.39, 0.29) is 53.8 Å². The highest BCUT2D eigenvalue weighted by Crippen LogP contribution is 2.39. The lowest BCUT2D eigenvalue weighted by atomic mass is 9.69. The van der Waals surface area contributed by atoms with Crippen LogP contribution in [0.3, 0.4) is 0 Å². The molecule has 4 aromatic rings. The molecule has 0 aromatic heterocycles. The Kier molecular flexibility index (Phi) is 15.6. The summed E-state index contributed by atoms with van der Waals surface area (Å²) < 4.78 is 43.2. The first-order chi connectivity index (χ1) is 28.6. The van der Waals surface area contributed by atoms with E-state index in [2.05, 4.69) is 10.6 Å². The van der Waals surface area contributed by atoms with E-state index >= 15 is 0 Å². The molecule has 0 spiro atoms. The topological polar surface area (TPSA) is 189 Å². The molecule has 1 aliphatic carbocycles. The number of ether oxygens (including phenoxy) is 2. The molecule has 13 nitrogen and oxygen atoms in total. The number of nitrogens with one attached hydrogen (secondary N) is 2. The molecule has 4 N–H and O–H groups in total. The zero-order chi connectivity index (χ0) is 43.5. The van der Waals surface area contributed by atoms with Crippen molar-refractivity contribution in [2.75, 3.05) is 35.2 Å². The Morgan fingerprint density at radius 2 is 1.58 bits per heavy atom. The van der Waals surface area contributed by atoms with Gasteiger partial charge in [-0.2, -0.15) is 8.42 Å². The number of aliphatic hydroxyl groups excluding tert-OH is 1. The number of ketones is 1. The third-order valence-corrected chi connectivity index (χ3v) is 12.1. The second-order valence-electron chi connectivity index (χ2n) is 15.4. The SMILES string of the molecule is CCC(CC(C)C(=O)Nc1ccc(S(=O)(=O)O)cc1)c1ccc(CC2(C(=O)Oc3ccc(COC(=O)Nc4ccc(N(CC)CCO)cc4C)cc3)CCCCC2=O)cc1. The van der Waals surface area contributed by atoms with Gasteiger partial charge in [-0.25, -0.2) is 4.79 Å². The molecule has 320 valence electrons. The Morgan fingerprint density at radius 1 is 0.900 bits per heavy atom. The fraction of sp³-hybridized carbons (Fsp3) is 0.391. The number of amides is 2. The van der Waals surface area contributed by atoms with Crippen LogP contribution in [0.5, 0.6) is 5.75 Å². The summed E-state index contributed by atoms with van der Waals surface area (Å²) in [5, 5.41) is 14.9. The first kappa shape index (κ1) is 45.5. The third-order valence-electron chi connectivity index (χ3n) is 11.2. The zero-order valence-corrected chi connectivity index (χ0v) is 35.4. The molecule has 1 aliphatic rings. The number of carbonyl (C=O) groups excluding carboxylic acids is 4. The van der Waals surface area contributed by atoms with Gasteiger partial charge in [-0.05, 0) is 129 Å². The van der Waals surface area contributed by atoms with Gasteiger partial charge >= 0.3 is 12.1 Å². The van der Waals surface area contributed by atoms with Gasteiger partial charge in [0.25, 0.3) is 10.1 Å². The lowest BCUT2D eigenvalue weighted by Crippen LogP contribution is -2.46. The van der Waals surface area contributed by atoms with E-state index in [1.807, 2.05) is 69.0 Å². The van der Waals surface area contributed by atoms with Gasteiger partial charge in [0.2, 0.25) is 5.91 Å². The second-order valence-corrected chi connectivity index (χ2v) is 16.8. The Labute approximate surface area is 352 Å². The van der Waals surface area contributed by atoms with Gasteiger partial charge in [0.05, 0.1) is 11.5 Å². The van der Waals surface area contributed by atoms with Crippen molar-refractivity contribution in [2.24, 2.45) is 11.3 Å². The number of hydrogen-bond donors (Lipinski definition) is 4. The summed E-state index contributed by atoms with van der Waals surface area (Å²) in [5.41, 5.74) is 4.01. The zero-order valence-electron chi connectivity index (χ0n) is 34.6. The number of likely N-dealkylation sites (N-methyl/N-ethyl adjacent to an activating group) is 1. The number of Topliss-reactive ketones (excluding diaryl/α,β-unsaturated/α-hetero) is 1. The molecule has 1 fully saturated rings. The van der Waals surface area contributed by atoms with Crippen LogP contribution in [0, 0.1) is 18.3 Å². The van der Waals surface area contributed by atoms with Gasteiger partial charge in [-0.1, -0.05) is 56.7 Å². The van der Waals surface area contributed by atoms with E-state index in [1.165, 1.54) is 24.3 Å². The highest BCUT2D eigenvalue weighted by molar-refractivity contribution is 7.85. The van der Waals surface area contributed by atoms with Crippen LogP contribution >= 0.6 is 0 Å². The van der Waals surface area contributed by atoms with Crippen molar-refractivity contribution in [3.63, 3.8) is 0 Å². The molecule has 0 heterocycles. The van der Waals surface area contributed by atoms with Crippen LogP contribution in [0.2, 0.25) is 0 Å². The number of anilines is 3. The fourth-order valence-corrected chi connectivity index (χ4v) is 8.08. The Morgan fingerprint density at radius 3 is 2.18 bits per heavy atom. The van der Waals surface area contributed by atoms with Gasteiger partial charge in [0.1, 0.15) is 17.8 Å². The normalized spacial score (nSPS) is 16.3. The predicted octanol–water partition coefficient (Wildman–Crippen LogP) is 8.25. The monoisotopic (exact) mass is 841 g/mol. The number of nitrogens with zero attached hydrogens (tertiary/aromatic N) is 1. The van der Waals surface area contributed by atoms with Crippen molar-refractivity contribution in [3.05, 3.63) is 113 Å². The number of aryl methyl sites for hydroxylation is 1. The van der Waals surface area contributed by atoms with Gasteiger partial charge < -0.3 is 24.8 Å². The van der Waals surface area contributed by atoms with Crippen molar-refractivity contribution < 1.29 is 46.7 Å². The number of hydrogen-bond acceptors (Lipinski definition) is 10. The highest BCUT2D eigenvalue weighted by atomic mass is 32.2. The molecular formula is C46H55N3O10S. The quantitative estimate of drug-likeness (QED) is 0.0327. The van der Waals surface area contributed by atoms with Crippen LogP contribution in [0.25, 0.3) is 0 Å². The Balaban J connectivity index is 1.16. The summed E-state index contributed by atoms with van der Waals surface area (Å²) >= 11 is 0. The number of aliphatic hydroxyl groups is 1. The molecule has 3 unspecified atom stereocenters. The van der Waals surface area contributed by atoms with Crippen molar-refractivity contribution in [1.29, 1.82) is 0 Å². The summed E-state index contributed by atoms with van der Waals surface area (Å²) in [6.07, 6.45) is 2.98. The first-order valence-corrected chi connectivity index (χ1v) is 21.8. The summed E-state index contributed by atoms with van der Waals surface area (Å²) in [6.45, 7) is 9.04. The average Bonchev–Trinajstić information content (AvgIpc) is 3.23. The molecule has 14 heteroatoms. The van der Waals surface area contributed by atoms with Gasteiger partial charge in [0, 0.05) is 42.5 Å². The maximum Gasteiger partial charge on any atom is 0.411 e. The lowest BCUT2D eigenvalue weighted by molar-refractivity contribution is -0.154. The molecule has 0 bridgehead atoms. The maximum atomic E-state index is 13.9. The molecule has 1 saturated carbocycles. The van der Waals surface area contributed by atoms with Crippen LogP contribution in [0.4, 0.5) is 21.9 Å². The molecule has 0 radical (unpaired) electrons. The standard InChI is InChI=1S/C46H55N3O10S/c1-5-35(27-32(4)43(52)47-37-16-21-40(22-17-37)60(55,56)57)36-14-10-33(11-15-36)29-46(24-8-7-9-42(46)51)44(53)59-39-19-12-34(13-20-39)30-58-45(54)48-41-23-18-38(28-31(41)3)49(6-2)25-26-50/h10-23,28,32,35,50H,5-9,24-27,29-30H2,1-4H3,(H,47,52)(H,48,54)(H,55,56,57). The molecule has 60 heavy (non-hydrogen) atoms. The summed E-state index contributed by atoms with van der Waals surface area (Å²) in [5.74, 6) is -1.01. The Hall–Kier alpha value is -5.57. The highest BCUT2D eigenvalue weighted by Gasteiger charge is 2.48. The van der Waals surface area contributed by atoms with E-state index in [4.69, 9.17) is 9.47 Å². The van der Waals surface area contributed by atoms with Crippen molar-refractivity contribution >= 4 is 50.9 Å². The van der Waals surface area contributed by atoms with Crippen molar-refractivity contribution in [2.45, 2.75) is 90.1 Å². The van der Waals surface area contributed by atoms with Crippen molar-refractivity contribution in [3.8, 4) is 5.75 Å². The van der Waals surface area contributed by atoms with E-state index in [1.54, 1.807) is 30.3 Å². The van der Waals surface area contributed by atoms with Crippen LogP contribution in [0.1, 0.15) is 87.5 Å². The van der Waals surface area contributed by atoms with Crippen LogP contribution in [-0.4, -0.2) is 61.5 Å². The maximum absolute atomic E-state index is 13.9. The number of carbonyl (C=O) groups is 4. The van der Waals surface area contributed by atoms with E-state index < -0.39 is 27.6 Å². The third kappa shape index (κ3) is 11.8. The molecule has 0 saturated heterocycles. The largest absolute Gasteiger partial charge is 0.444 e. The molecule has 0 aliphatic heterocycles. The average molecular weight is 842 g/mol. The smallest absolute Gasteiger partial charge is 0.411 e. The predicted molar refractivity (Wildman–Crippen MR) is 230 cm³/mol. The van der Waals surface area contributed by atoms with Gasteiger partial charge in [0.15, 0.2) is 5.78 Å². The fourth-order valence-electron chi connectivity index (χ4n) is 7.60. The van der Waals surface area contributed by atoms with E-state index in [9.17, 15) is 37.3 Å². The summed E-state index contributed by atoms with van der Waals surface area (Å²) in [4.78, 5) is 54.9. The van der Waals surface area contributed by atoms with Crippen LogP contribution in [-0.2, 0) is 42.3 Å². The van der Waals surface area contributed by atoms with Crippen LogP contribution in [0.15, 0.2) is 95.9 Å². The lowest BCUT2D eigenvalue weighted by Gasteiger charge is -2.33.